The zero-order valence-electron chi connectivity index (χ0n) is 9.43. The summed E-state index contributed by atoms with van der Waals surface area (Å²) in [6, 6.07) is 0.799. The fraction of sp³-hybridized carbons (Fsp3) is 0.300. The number of rotatable bonds is 3. The van der Waals surface area contributed by atoms with Crippen LogP contribution >= 0.6 is 11.3 Å². The number of primary amides is 1. The molecule has 0 unspecified atom stereocenters. The third-order valence-electron chi connectivity index (χ3n) is 2.43. The SMILES string of the molecule is NC(=O)Cc1ccsc1NC(=O)N1CCNC1=O. The van der Waals surface area contributed by atoms with Crippen LogP contribution in [0.2, 0.25) is 0 Å². The molecule has 0 aromatic carbocycles. The molecule has 0 atom stereocenters. The minimum absolute atomic E-state index is 0.0608. The van der Waals surface area contributed by atoms with Crippen molar-refractivity contribution in [2.24, 2.45) is 5.73 Å². The second-order valence-electron chi connectivity index (χ2n) is 3.73. The zero-order chi connectivity index (χ0) is 13.1. The molecule has 1 aliphatic rings. The van der Waals surface area contributed by atoms with Crippen LogP contribution in [0.1, 0.15) is 5.56 Å². The van der Waals surface area contributed by atoms with Crippen LogP contribution in [-0.4, -0.2) is 36.0 Å². The normalized spacial score (nSPS) is 14.4. The van der Waals surface area contributed by atoms with Gasteiger partial charge in [-0.1, -0.05) is 0 Å². The number of nitrogens with one attached hydrogen (secondary N) is 2. The molecule has 0 spiro atoms. The summed E-state index contributed by atoms with van der Waals surface area (Å²) in [6.45, 7) is 0.784. The van der Waals surface area contributed by atoms with Gasteiger partial charge in [-0.05, 0) is 17.0 Å². The lowest BCUT2D eigenvalue weighted by Crippen LogP contribution is -2.37. The van der Waals surface area contributed by atoms with Gasteiger partial charge in [0.15, 0.2) is 0 Å². The molecule has 1 aromatic rings. The lowest BCUT2D eigenvalue weighted by molar-refractivity contribution is -0.117. The molecule has 96 valence electrons. The van der Waals surface area contributed by atoms with Crippen molar-refractivity contribution in [2.45, 2.75) is 6.42 Å². The van der Waals surface area contributed by atoms with Gasteiger partial charge in [0.1, 0.15) is 5.00 Å². The summed E-state index contributed by atoms with van der Waals surface area (Å²) in [5.74, 6) is -0.470. The standard InChI is InChI=1S/C10H12N4O3S/c11-7(15)5-6-1-4-18-8(6)13-10(17)14-3-2-12-9(14)16/h1,4H,2-3,5H2,(H2,11,15)(H,12,16)(H,13,17). The van der Waals surface area contributed by atoms with E-state index in [1.807, 2.05) is 0 Å². The molecule has 2 rings (SSSR count). The van der Waals surface area contributed by atoms with E-state index in [9.17, 15) is 14.4 Å². The molecule has 7 nitrogen and oxygen atoms in total. The van der Waals surface area contributed by atoms with E-state index in [-0.39, 0.29) is 6.42 Å². The number of urea groups is 2. The predicted molar refractivity (Wildman–Crippen MR) is 66.3 cm³/mol. The first kappa shape index (κ1) is 12.4. The van der Waals surface area contributed by atoms with Crippen LogP contribution in [0.5, 0.6) is 0 Å². The molecule has 0 bridgehead atoms. The second-order valence-corrected chi connectivity index (χ2v) is 4.65. The number of imide groups is 1. The van der Waals surface area contributed by atoms with Gasteiger partial charge in [0.05, 0.1) is 6.42 Å². The van der Waals surface area contributed by atoms with Crippen LogP contribution in [0.3, 0.4) is 0 Å². The van der Waals surface area contributed by atoms with Crippen LogP contribution in [-0.2, 0) is 11.2 Å². The number of hydrogen-bond acceptors (Lipinski definition) is 4. The van der Waals surface area contributed by atoms with E-state index < -0.39 is 18.0 Å². The summed E-state index contributed by atoms with van der Waals surface area (Å²) in [6.07, 6.45) is 0.0608. The molecule has 5 amide bonds. The average molecular weight is 268 g/mol. The van der Waals surface area contributed by atoms with E-state index in [2.05, 4.69) is 10.6 Å². The quantitative estimate of drug-likeness (QED) is 0.735. The van der Waals surface area contributed by atoms with Crippen molar-refractivity contribution in [3.05, 3.63) is 17.0 Å². The highest BCUT2D eigenvalue weighted by Gasteiger charge is 2.26. The first-order valence-corrected chi connectivity index (χ1v) is 6.17. The molecular weight excluding hydrogens is 256 g/mol. The second kappa shape index (κ2) is 5.05. The third kappa shape index (κ3) is 2.59. The minimum Gasteiger partial charge on any atom is -0.369 e. The van der Waals surface area contributed by atoms with Crippen molar-refractivity contribution in [3.8, 4) is 0 Å². The topological polar surface area (TPSA) is 105 Å². The Balaban J connectivity index is 2.05. The first-order chi connectivity index (χ1) is 8.58. The summed E-state index contributed by atoms with van der Waals surface area (Å²) in [7, 11) is 0. The number of hydrogen-bond donors (Lipinski definition) is 3. The van der Waals surface area contributed by atoms with Gasteiger partial charge in [-0.2, -0.15) is 0 Å². The van der Waals surface area contributed by atoms with Gasteiger partial charge in [0.2, 0.25) is 5.91 Å². The van der Waals surface area contributed by atoms with E-state index in [0.29, 0.717) is 23.7 Å². The Morgan fingerprint density at radius 3 is 2.94 bits per heavy atom. The van der Waals surface area contributed by atoms with Crippen LogP contribution in [0.4, 0.5) is 14.6 Å². The molecule has 0 radical (unpaired) electrons. The fourth-order valence-corrected chi connectivity index (χ4v) is 2.41. The fourth-order valence-electron chi connectivity index (χ4n) is 1.60. The number of nitrogens with two attached hydrogens (primary N) is 1. The van der Waals surface area contributed by atoms with Crippen molar-refractivity contribution >= 4 is 34.3 Å². The van der Waals surface area contributed by atoms with Crippen LogP contribution in [0.15, 0.2) is 11.4 Å². The highest BCUT2D eigenvalue weighted by atomic mass is 32.1. The van der Waals surface area contributed by atoms with E-state index in [1.165, 1.54) is 11.3 Å². The summed E-state index contributed by atoms with van der Waals surface area (Å²) >= 11 is 1.28. The van der Waals surface area contributed by atoms with Gasteiger partial charge in [-0.15, -0.1) is 11.3 Å². The molecule has 1 aromatic heterocycles. The number of carbonyl (C=O) groups is 3. The summed E-state index contributed by atoms with van der Waals surface area (Å²) in [5, 5.41) is 7.43. The number of thiophene rings is 1. The molecule has 18 heavy (non-hydrogen) atoms. The molecule has 0 saturated carbocycles. The summed E-state index contributed by atoms with van der Waals surface area (Å²) < 4.78 is 0. The Labute approximate surface area is 107 Å². The van der Waals surface area contributed by atoms with Gasteiger partial charge < -0.3 is 11.1 Å². The van der Waals surface area contributed by atoms with Gasteiger partial charge in [0, 0.05) is 13.1 Å². The maximum Gasteiger partial charge on any atom is 0.330 e. The number of carbonyl (C=O) groups excluding carboxylic acids is 3. The van der Waals surface area contributed by atoms with Crippen molar-refractivity contribution in [3.63, 3.8) is 0 Å². The predicted octanol–water partition coefficient (Wildman–Crippen LogP) is 0.333. The van der Waals surface area contributed by atoms with Crippen molar-refractivity contribution in [2.75, 3.05) is 18.4 Å². The smallest absolute Gasteiger partial charge is 0.330 e. The number of anilines is 1. The molecule has 0 aliphatic carbocycles. The van der Waals surface area contributed by atoms with E-state index in [4.69, 9.17) is 5.73 Å². The molecule has 4 N–H and O–H groups in total. The summed E-state index contributed by atoms with van der Waals surface area (Å²) in [5.41, 5.74) is 5.76. The average Bonchev–Trinajstić information content (AvgIpc) is 2.88. The Hall–Kier alpha value is -2.09. The lowest BCUT2D eigenvalue weighted by Gasteiger charge is -2.13. The minimum atomic E-state index is -0.502. The highest BCUT2D eigenvalue weighted by molar-refractivity contribution is 7.14. The van der Waals surface area contributed by atoms with Crippen molar-refractivity contribution in [1.82, 2.24) is 10.2 Å². The maximum absolute atomic E-state index is 11.8. The Morgan fingerprint density at radius 2 is 2.33 bits per heavy atom. The molecule has 2 heterocycles. The first-order valence-electron chi connectivity index (χ1n) is 5.29. The Kier molecular flexibility index (Phi) is 3.47. The number of amides is 5. The molecular formula is C10H12N4O3S. The Morgan fingerprint density at radius 1 is 1.56 bits per heavy atom. The molecule has 1 saturated heterocycles. The lowest BCUT2D eigenvalue weighted by atomic mass is 10.2. The zero-order valence-corrected chi connectivity index (χ0v) is 10.3. The van der Waals surface area contributed by atoms with E-state index in [1.54, 1.807) is 11.4 Å². The van der Waals surface area contributed by atoms with Crippen LogP contribution < -0.4 is 16.4 Å². The van der Waals surface area contributed by atoms with Crippen molar-refractivity contribution < 1.29 is 14.4 Å². The van der Waals surface area contributed by atoms with E-state index >= 15 is 0 Å². The van der Waals surface area contributed by atoms with E-state index in [0.717, 1.165) is 4.90 Å². The monoisotopic (exact) mass is 268 g/mol. The van der Waals surface area contributed by atoms with Crippen LogP contribution in [0.25, 0.3) is 0 Å². The van der Waals surface area contributed by atoms with Gasteiger partial charge in [-0.25, -0.2) is 14.5 Å². The number of nitrogens with zero attached hydrogens (tertiary/aromatic N) is 1. The third-order valence-corrected chi connectivity index (χ3v) is 3.31. The highest BCUT2D eigenvalue weighted by Crippen LogP contribution is 2.24. The van der Waals surface area contributed by atoms with Crippen molar-refractivity contribution in [1.29, 1.82) is 0 Å². The van der Waals surface area contributed by atoms with Crippen LogP contribution in [0, 0.1) is 0 Å². The maximum atomic E-state index is 11.8. The largest absolute Gasteiger partial charge is 0.369 e. The molecule has 1 aliphatic heterocycles. The molecule has 1 fully saturated rings. The summed E-state index contributed by atoms with van der Waals surface area (Å²) in [4.78, 5) is 35.0. The Bertz CT molecular complexity index is 499. The van der Waals surface area contributed by atoms with Gasteiger partial charge >= 0.3 is 12.1 Å². The van der Waals surface area contributed by atoms with Gasteiger partial charge in [-0.3, -0.25) is 10.1 Å². The van der Waals surface area contributed by atoms with Gasteiger partial charge in [0.25, 0.3) is 0 Å². The molecule has 8 heteroatoms.